The number of carbonyl (C=O) groups is 1. The Kier molecular flexibility index (Phi) is 6.85. The maximum atomic E-state index is 12.9. The lowest BCUT2D eigenvalue weighted by molar-refractivity contribution is 0.0952. The molecule has 1 saturated heterocycles. The second-order valence-corrected chi connectivity index (χ2v) is 6.94. The summed E-state index contributed by atoms with van der Waals surface area (Å²) in [6, 6.07) is 19.7. The Balaban J connectivity index is 0.00000225. The highest BCUT2D eigenvalue weighted by atomic mass is 35.5. The van der Waals surface area contributed by atoms with Crippen LogP contribution >= 0.6 is 12.4 Å². The minimum absolute atomic E-state index is 0. The average Bonchev–Trinajstić information content (AvgIpc) is 3.39. The van der Waals surface area contributed by atoms with E-state index in [1.165, 1.54) is 6.42 Å². The van der Waals surface area contributed by atoms with Gasteiger partial charge in [-0.1, -0.05) is 48.5 Å². The highest BCUT2D eigenvalue weighted by Gasteiger charge is 2.19. The number of halogens is 1. The smallest absolute Gasteiger partial charge is 0.255 e. The maximum absolute atomic E-state index is 12.9. The lowest BCUT2D eigenvalue weighted by Gasteiger charge is -2.09. The SMILES string of the molecule is Cl.O=C(NCCC1CCNC1)c1cn(-c2ccccc2)nc1-c1ccccc1. The number of rotatable bonds is 6. The summed E-state index contributed by atoms with van der Waals surface area (Å²) in [5.74, 6) is 0.591. The van der Waals surface area contributed by atoms with Crippen molar-refractivity contribution in [3.05, 3.63) is 72.4 Å². The minimum Gasteiger partial charge on any atom is -0.352 e. The van der Waals surface area contributed by atoms with Gasteiger partial charge in [-0.15, -0.1) is 12.4 Å². The third-order valence-corrected chi connectivity index (χ3v) is 5.03. The topological polar surface area (TPSA) is 59.0 Å². The fourth-order valence-electron chi connectivity index (χ4n) is 3.51. The molecule has 5 nitrogen and oxygen atoms in total. The highest BCUT2D eigenvalue weighted by molar-refractivity contribution is 5.99. The van der Waals surface area contributed by atoms with E-state index in [1.807, 2.05) is 66.9 Å². The molecule has 0 saturated carbocycles. The van der Waals surface area contributed by atoms with Gasteiger partial charge in [-0.05, 0) is 44.0 Å². The predicted octanol–water partition coefficient (Wildman–Crippen LogP) is 3.69. The van der Waals surface area contributed by atoms with E-state index in [0.717, 1.165) is 30.8 Å². The van der Waals surface area contributed by atoms with E-state index in [1.54, 1.807) is 4.68 Å². The Hall–Kier alpha value is -2.63. The zero-order chi connectivity index (χ0) is 18.5. The van der Waals surface area contributed by atoms with Crippen LogP contribution in [0.15, 0.2) is 66.9 Å². The molecule has 0 bridgehead atoms. The van der Waals surface area contributed by atoms with Crippen LogP contribution in [0, 0.1) is 5.92 Å². The molecular weight excluding hydrogens is 372 g/mol. The van der Waals surface area contributed by atoms with Crippen LogP contribution in [-0.4, -0.2) is 35.3 Å². The molecule has 1 fully saturated rings. The summed E-state index contributed by atoms with van der Waals surface area (Å²) >= 11 is 0. The van der Waals surface area contributed by atoms with Gasteiger partial charge in [-0.2, -0.15) is 5.10 Å². The summed E-state index contributed by atoms with van der Waals surface area (Å²) in [6.07, 6.45) is 4.02. The first-order valence-electron chi connectivity index (χ1n) is 9.50. The Morgan fingerprint density at radius 2 is 1.82 bits per heavy atom. The fourth-order valence-corrected chi connectivity index (χ4v) is 3.51. The number of carbonyl (C=O) groups excluding carboxylic acids is 1. The molecule has 2 heterocycles. The molecular formula is C22H25ClN4O. The van der Waals surface area contributed by atoms with Gasteiger partial charge in [-0.25, -0.2) is 4.68 Å². The summed E-state index contributed by atoms with van der Waals surface area (Å²) in [6.45, 7) is 2.83. The highest BCUT2D eigenvalue weighted by Crippen LogP contribution is 2.23. The van der Waals surface area contributed by atoms with Gasteiger partial charge in [0.1, 0.15) is 5.69 Å². The average molecular weight is 397 g/mol. The lowest BCUT2D eigenvalue weighted by atomic mass is 10.0. The van der Waals surface area contributed by atoms with Crippen LogP contribution in [0.3, 0.4) is 0 Å². The molecule has 1 atom stereocenters. The van der Waals surface area contributed by atoms with Crippen molar-refractivity contribution in [1.29, 1.82) is 0 Å². The molecule has 6 heteroatoms. The van der Waals surface area contributed by atoms with Crippen LogP contribution < -0.4 is 10.6 Å². The van der Waals surface area contributed by atoms with Crippen LogP contribution in [0.4, 0.5) is 0 Å². The number of benzene rings is 2. The lowest BCUT2D eigenvalue weighted by Crippen LogP contribution is -2.26. The van der Waals surface area contributed by atoms with Gasteiger partial charge in [-0.3, -0.25) is 4.79 Å². The van der Waals surface area contributed by atoms with Crippen LogP contribution in [0.1, 0.15) is 23.2 Å². The third kappa shape index (κ3) is 4.61. The minimum atomic E-state index is -0.0676. The monoisotopic (exact) mass is 396 g/mol. The second kappa shape index (κ2) is 9.53. The molecule has 1 unspecified atom stereocenters. The fraction of sp³-hybridized carbons (Fsp3) is 0.273. The number of hydrogen-bond donors (Lipinski definition) is 2. The van der Waals surface area contributed by atoms with E-state index in [0.29, 0.717) is 23.7 Å². The van der Waals surface area contributed by atoms with Crippen molar-refractivity contribution >= 4 is 18.3 Å². The van der Waals surface area contributed by atoms with E-state index in [-0.39, 0.29) is 18.3 Å². The normalized spacial score (nSPS) is 15.8. The molecule has 1 aliphatic heterocycles. The number of nitrogens with zero attached hydrogens (tertiary/aromatic N) is 2. The molecule has 0 radical (unpaired) electrons. The van der Waals surface area contributed by atoms with Gasteiger partial charge in [0.25, 0.3) is 5.91 Å². The van der Waals surface area contributed by atoms with Crippen LogP contribution in [-0.2, 0) is 0 Å². The van der Waals surface area contributed by atoms with Crippen LogP contribution in [0.5, 0.6) is 0 Å². The van der Waals surface area contributed by atoms with E-state index in [4.69, 9.17) is 5.10 Å². The van der Waals surface area contributed by atoms with Gasteiger partial charge in [0.05, 0.1) is 11.3 Å². The number of amides is 1. The molecule has 1 aromatic heterocycles. The quantitative estimate of drug-likeness (QED) is 0.668. The van der Waals surface area contributed by atoms with Gasteiger partial charge in [0.2, 0.25) is 0 Å². The van der Waals surface area contributed by atoms with Crippen molar-refractivity contribution in [2.75, 3.05) is 19.6 Å². The van der Waals surface area contributed by atoms with Gasteiger partial charge in [0, 0.05) is 18.3 Å². The molecule has 1 amide bonds. The second-order valence-electron chi connectivity index (χ2n) is 6.94. The van der Waals surface area contributed by atoms with Crippen molar-refractivity contribution < 1.29 is 4.79 Å². The Bertz CT molecular complexity index is 889. The number of nitrogens with one attached hydrogen (secondary N) is 2. The standard InChI is InChI=1S/C22H24N4O.ClH/c27-22(24-14-12-17-11-13-23-15-17)20-16-26(19-9-5-2-6-10-19)25-21(20)18-7-3-1-4-8-18;/h1-10,16-17,23H,11-15H2,(H,24,27);1H. The summed E-state index contributed by atoms with van der Waals surface area (Å²) in [5, 5.41) is 11.2. The first-order chi connectivity index (χ1) is 13.3. The molecule has 1 aliphatic rings. The van der Waals surface area contributed by atoms with E-state index >= 15 is 0 Å². The molecule has 0 aliphatic carbocycles. The molecule has 3 aromatic rings. The van der Waals surface area contributed by atoms with Crippen molar-refractivity contribution in [1.82, 2.24) is 20.4 Å². The van der Waals surface area contributed by atoms with E-state index in [9.17, 15) is 4.79 Å². The first-order valence-corrected chi connectivity index (χ1v) is 9.50. The van der Waals surface area contributed by atoms with Crippen LogP contribution in [0.2, 0.25) is 0 Å². The van der Waals surface area contributed by atoms with Gasteiger partial charge in [0.15, 0.2) is 0 Å². The Morgan fingerprint density at radius 1 is 1.11 bits per heavy atom. The van der Waals surface area contributed by atoms with Crippen LogP contribution in [0.25, 0.3) is 16.9 Å². The molecule has 2 aromatic carbocycles. The molecule has 0 spiro atoms. The van der Waals surface area contributed by atoms with Crippen molar-refractivity contribution in [3.63, 3.8) is 0 Å². The Morgan fingerprint density at radius 3 is 2.50 bits per heavy atom. The molecule has 146 valence electrons. The predicted molar refractivity (Wildman–Crippen MR) is 114 cm³/mol. The third-order valence-electron chi connectivity index (χ3n) is 5.03. The Labute approximate surface area is 171 Å². The molecule has 4 rings (SSSR count). The number of hydrogen-bond acceptors (Lipinski definition) is 3. The number of para-hydroxylation sites is 1. The molecule has 28 heavy (non-hydrogen) atoms. The summed E-state index contributed by atoms with van der Waals surface area (Å²) in [4.78, 5) is 12.9. The first kappa shape index (κ1) is 20.1. The summed E-state index contributed by atoms with van der Waals surface area (Å²) in [7, 11) is 0. The van der Waals surface area contributed by atoms with Crippen molar-refractivity contribution in [3.8, 4) is 16.9 Å². The zero-order valence-corrected chi connectivity index (χ0v) is 16.5. The summed E-state index contributed by atoms with van der Waals surface area (Å²) in [5.41, 5.74) is 3.19. The summed E-state index contributed by atoms with van der Waals surface area (Å²) < 4.78 is 1.78. The largest absolute Gasteiger partial charge is 0.352 e. The maximum Gasteiger partial charge on any atom is 0.255 e. The zero-order valence-electron chi connectivity index (χ0n) is 15.7. The van der Waals surface area contributed by atoms with E-state index in [2.05, 4.69) is 10.6 Å². The van der Waals surface area contributed by atoms with Gasteiger partial charge < -0.3 is 10.6 Å². The van der Waals surface area contributed by atoms with Crippen molar-refractivity contribution in [2.24, 2.45) is 5.92 Å². The van der Waals surface area contributed by atoms with E-state index < -0.39 is 0 Å². The van der Waals surface area contributed by atoms with Gasteiger partial charge >= 0.3 is 0 Å². The molecule has 2 N–H and O–H groups in total. The van der Waals surface area contributed by atoms with Crippen molar-refractivity contribution in [2.45, 2.75) is 12.8 Å². The number of aromatic nitrogens is 2.